The number of carbonyl (C=O) groups excluding carboxylic acids is 2. The number of rotatable bonds is 5. The Morgan fingerprint density at radius 3 is 2.82 bits per heavy atom. The van der Waals surface area contributed by atoms with Crippen molar-refractivity contribution in [2.24, 2.45) is 5.92 Å². The summed E-state index contributed by atoms with van der Waals surface area (Å²) in [7, 11) is 0. The van der Waals surface area contributed by atoms with E-state index in [0.717, 1.165) is 35.2 Å². The Morgan fingerprint density at radius 1 is 1.18 bits per heavy atom. The first kappa shape index (κ1) is 23.8. The second-order valence-corrected chi connectivity index (χ2v) is 10.3. The maximum absolute atomic E-state index is 13.5. The van der Waals surface area contributed by atoms with Gasteiger partial charge in [-0.2, -0.15) is 5.26 Å². The van der Waals surface area contributed by atoms with E-state index in [9.17, 15) is 14.9 Å². The number of piperidine rings is 1. The van der Waals surface area contributed by atoms with Crippen molar-refractivity contribution >= 4 is 55.6 Å². The maximum Gasteiger partial charge on any atom is 0.331 e. The summed E-state index contributed by atoms with van der Waals surface area (Å²) in [6.07, 6.45) is 5.31. The largest absolute Gasteiger partial charge is 0.457 e. The molecule has 2 N–H and O–H groups in total. The molecule has 1 atom stereocenters. The number of para-hydroxylation sites is 1. The van der Waals surface area contributed by atoms with E-state index in [0.29, 0.717) is 40.0 Å². The van der Waals surface area contributed by atoms with Gasteiger partial charge in [-0.3, -0.25) is 9.69 Å². The van der Waals surface area contributed by atoms with E-state index in [-0.39, 0.29) is 17.9 Å². The highest BCUT2D eigenvalue weighted by atomic mass is 32.1. The topological polar surface area (TPSA) is 111 Å². The summed E-state index contributed by atoms with van der Waals surface area (Å²) in [5, 5.41) is 16.5. The Bertz CT molecular complexity index is 1600. The molecule has 1 saturated heterocycles. The number of amides is 3. The number of ether oxygens (including phenoxy) is 1. The van der Waals surface area contributed by atoms with Crippen LogP contribution >= 0.6 is 11.3 Å². The molecule has 0 aliphatic carbocycles. The number of nitriles is 1. The normalized spacial score (nSPS) is 16.6. The number of aromatic nitrogens is 1. The zero-order valence-electron chi connectivity index (χ0n) is 20.6. The first-order valence-corrected chi connectivity index (χ1v) is 13.1. The van der Waals surface area contributed by atoms with Gasteiger partial charge >= 0.3 is 6.03 Å². The second-order valence-electron chi connectivity index (χ2n) is 9.32. The third kappa shape index (κ3) is 4.27. The molecule has 9 nitrogen and oxygen atoms in total. The molecule has 38 heavy (non-hydrogen) atoms. The third-order valence-corrected chi connectivity index (χ3v) is 7.82. The molecular weight excluding hydrogens is 500 g/mol. The zero-order chi connectivity index (χ0) is 26.2. The molecule has 4 aromatic rings. The number of thiophene rings is 1. The molecule has 190 valence electrons. The van der Waals surface area contributed by atoms with Crippen molar-refractivity contribution in [1.29, 1.82) is 5.26 Å². The van der Waals surface area contributed by atoms with Crippen molar-refractivity contribution in [1.82, 2.24) is 9.88 Å². The van der Waals surface area contributed by atoms with E-state index in [4.69, 9.17) is 4.74 Å². The van der Waals surface area contributed by atoms with Gasteiger partial charge in [-0.25, -0.2) is 9.78 Å². The average Bonchev–Trinajstić information content (AvgIpc) is 3.28. The van der Waals surface area contributed by atoms with Crippen LogP contribution in [0.15, 0.2) is 60.8 Å². The first-order valence-electron chi connectivity index (χ1n) is 12.3. The van der Waals surface area contributed by atoms with Gasteiger partial charge in [-0.15, -0.1) is 0 Å². The number of hydrogen-bond acceptors (Lipinski definition) is 7. The number of likely N-dealkylation sites (tertiary alicyclic amines) is 1. The number of aryl methyl sites for hydroxylation is 1. The molecule has 2 aromatic heterocycles. The average molecular weight is 525 g/mol. The van der Waals surface area contributed by atoms with Crippen LogP contribution in [-0.2, 0) is 4.79 Å². The minimum Gasteiger partial charge on any atom is -0.457 e. The predicted molar refractivity (Wildman–Crippen MR) is 147 cm³/mol. The highest BCUT2D eigenvalue weighted by Crippen LogP contribution is 2.49. The van der Waals surface area contributed by atoms with Crippen molar-refractivity contribution in [3.05, 3.63) is 66.4 Å². The molecule has 6 rings (SSSR count). The van der Waals surface area contributed by atoms with Gasteiger partial charge in [0.25, 0.3) is 0 Å². The van der Waals surface area contributed by atoms with Crippen LogP contribution in [0.3, 0.4) is 0 Å². The van der Waals surface area contributed by atoms with E-state index in [1.54, 1.807) is 16.0 Å². The van der Waals surface area contributed by atoms with Crippen molar-refractivity contribution in [3.63, 3.8) is 0 Å². The van der Waals surface area contributed by atoms with Gasteiger partial charge in [-0.1, -0.05) is 29.5 Å². The fraction of sp³-hybridized carbons (Fsp3) is 0.214. The molecular formula is C28H24N6O3S. The smallest absolute Gasteiger partial charge is 0.331 e. The van der Waals surface area contributed by atoms with Gasteiger partial charge in [0.05, 0.1) is 28.4 Å². The number of benzene rings is 2. The highest BCUT2D eigenvalue weighted by molar-refractivity contribution is 7.23. The molecule has 1 fully saturated rings. The summed E-state index contributed by atoms with van der Waals surface area (Å²) in [6, 6.07) is 16.6. The van der Waals surface area contributed by atoms with Crippen molar-refractivity contribution in [3.8, 4) is 17.7 Å². The van der Waals surface area contributed by atoms with Crippen LogP contribution in [0.25, 0.3) is 10.2 Å². The molecule has 0 spiro atoms. The number of carbonyl (C=O) groups is 2. The van der Waals surface area contributed by atoms with Crippen LogP contribution in [0.5, 0.6) is 11.5 Å². The number of nitrogens with zero attached hydrogens (tertiary/aromatic N) is 4. The highest BCUT2D eigenvalue weighted by Gasteiger charge is 2.33. The lowest BCUT2D eigenvalue weighted by molar-refractivity contribution is -0.121. The summed E-state index contributed by atoms with van der Waals surface area (Å²) in [5.74, 6) is 0.963. The number of anilines is 4. The summed E-state index contributed by atoms with van der Waals surface area (Å²) in [4.78, 5) is 35.0. The zero-order valence-corrected chi connectivity index (χ0v) is 21.4. The Labute approximate surface area is 223 Å². The molecule has 2 aliphatic rings. The van der Waals surface area contributed by atoms with Gasteiger partial charge in [0.2, 0.25) is 5.91 Å². The summed E-state index contributed by atoms with van der Waals surface area (Å²) in [5.41, 5.74) is 2.83. The quantitative estimate of drug-likeness (QED) is 0.300. The van der Waals surface area contributed by atoms with Crippen molar-refractivity contribution < 1.29 is 14.3 Å². The van der Waals surface area contributed by atoms with E-state index in [1.165, 1.54) is 11.3 Å². The molecule has 0 radical (unpaired) electrons. The van der Waals surface area contributed by atoms with Crippen LogP contribution in [0.4, 0.5) is 26.9 Å². The van der Waals surface area contributed by atoms with Crippen LogP contribution < -0.4 is 20.3 Å². The molecule has 1 unspecified atom stereocenters. The second kappa shape index (κ2) is 9.68. The third-order valence-electron chi connectivity index (χ3n) is 6.80. The van der Waals surface area contributed by atoms with E-state index >= 15 is 0 Å². The molecule has 4 heterocycles. The molecule has 3 amide bonds. The lowest BCUT2D eigenvalue weighted by Gasteiger charge is -2.30. The van der Waals surface area contributed by atoms with E-state index in [1.807, 2.05) is 61.5 Å². The molecule has 2 aliphatic heterocycles. The van der Waals surface area contributed by atoms with E-state index in [2.05, 4.69) is 21.8 Å². The molecule has 2 aromatic carbocycles. The summed E-state index contributed by atoms with van der Waals surface area (Å²) >= 11 is 1.33. The number of pyridine rings is 1. The number of hydrogen-bond donors (Lipinski definition) is 2. The fourth-order valence-corrected chi connectivity index (χ4v) is 6.00. The summed E-state index contributed by atoms with van der Waals surface area (Å²) < 4.78 is 5.96. The minimum absolute atomic E-state index is 0.157. The van der Waals surface area contributed by atoms with Gasteiger partial charge < -0.3 is 20.3 Å². The van der Waals surface area contributed by atoms with E-state index < -0.39 is 0 Å². The fourth-order valence-electron chi connectivity index (χ4n) is 4.97. The Balaban J connectivity index is 1.31. The van der Waals surface area contributed by atoms with Crippen LogP contribution in [0.2, 0.25) is 0 Å². The first-order chi connectivity index (χ1) is 18.5. The van der Waals surface area contributed by atoms with Crippen LogP contribution in [-0.4, -0.2) is 34.9 Å². The SMILES string of the molecule is Cc1cc(Oc2ccccc2)ccc1N1C(=O)Nc2c(NC(=O)C3CCCN(C#N)C3)sc3nccc1c23. The monoisotopic (exact) mass is 524 g/mol. The van der Waals surface area contributed by atoms with Crippen molar-refractivity contribution in [2.75, 3.05) is 28.6 Å². The van der Waals surface area contributed by atoms with Gasteiger partial charge in [-0.05, 0) is 61.7 Å². The van der Waals surface area contributed by atoms with Crippen LogP contribution in [0, 0.1) is 24.3 Å². The molecule has 0 saturated carbocycles. The lowest BCUT2D eigenvalue weighted by Crippen LogP contribution is -2.38. The Morgan fingerprint density at radius 2 is 2.03 bits per heavy atom. The van der Waals surface area contributed by atoms with Gasteiger partial charge in [0.15, 0.2) is 6.19 Å². The van der Waals surface area contributed by atoms with Crippen LogP contribution in [0.1, 0.15) is 18.4 Å². The van der Waals surface area contributed by atoms with Crippen molar-refractivity contribution in [2.45, 2.75) is 19.8 Å². The van der Waals surface area contributed by atoms with Gasteiger partial charge in [0, 0.05) is 19.3 Å². The Hall–Kier alpha value is -4.62. The molecule has 10 heteroatoms. The predicted octanol–water partition coefficient (Wildman–Crippen LogP) is 6.21. The summed E-state index contributed by atoms with van der Waals surface area (Å²) in [6.45, 7) is 3.00. The van der Waals surface area contributed by atoms with Gasteiger partial charge in [0.1, 0.15) is 21.3 Å². The Kier molecular flexibility index (Phi) is 6.05. The standard InChI is InChI=1S/C28H24N6O3S/c1-17-14-20(37-19-7-3-2-4-8-19)9-10-21(17)34-22-11-12-30-26-23(22)24(31-28(34)36)27(38-26)32-25(35)18-6-5-13-33(15-18)16-29/h2-4,7-12,14,18H,5-6,13,15H2,1H3,(H,31,36)(H,32,35). The molecule has 0 bridgehead atoms. The number of urea groups is 1. The minimum atomic E-state index is -0.327. The lowest BCUT2D eigenvalue weighted by atomic mass is 9.97. The number of nitrogens with one attached hydrogen (secondary N) is 2. The maximum atomic E-state index is 13.5.